The van der Waals surface area contributed by atoms with E-state index in [1.807, 2.05) is 24.3 Å². The number of amides is 1. The predicted molar refractivity (Wildman–Crippen MR) is 103 cm³/mol. The molecule has 2 aliphatic rings. The number of hydrogen-bond acceptors (Lipinski definition) is 7. The molecule has 144 valence electrons. The third kappa shape index (κ3) is 4.01. The van der Waals surface area contributed by atoms with E-state index in [1.165, 1.54) is 18.9 Å². The Hall–Kier alpha value is -2.32. The molecule has 2 heterocycles. The van der Waals surface area contributed by atoms with E-state index in [-0.39, 0.29) is 12.5 Å². The number of methoxy groups -OCH3 is 2. The van der Waals surface area contributed by atoms with Crippen LogP contribution in [0.15, 0.2) is 40.5 Å². The van der Waals surface area contributed by atoms with Crippen molar-refractivity contribution in [2.24, 2.45) is 4.99 Å². The van der Waals surface area contributed by atoms with E-state index >= 15 is 0 Å². The number of thioether (sulfide) groups is 1. The van der Waals surface area contributed by atoms with Crippen LogP contribution in [0.4, 0.5) is 0 Å². The number of carbonyl (C=O) groups excluding carboxylic acids is 2. The highest BCUT2D eigenvalue weighted by atomic mass is 32.2. The molecular weight excluding hydrogens is 368 g/mol. The summed E-state index contributed by atoms with van der Waals surface area (Å²) in [4.78, 5) is 31.6. The lowest BCUT2D eigenvalue weighted by molar-refractivity contribution is -0.141. The first kappa shape index (κ1) is 19.4. The number of esters is 1. The molecule has 1 amide bonds. The van der Waals surface area contributed by atoms with Gasteiger partial charge >= 0.3 is 5.97 Å². The van der Waals surface area contributed by atoms with Crippen molar-refractivity contribution < 1.29 is 23.8 Å². The number of benzene rings is 1. The molecule has 3 rings (SSSR count). The fourth-order valence-electron chi connectivity index (χ4n) is 3.08. The first-order valence-electron chi connectivity index (χ1n) is 8.61. The maximum Gasteiger partial charge on any atom is 0.338 e. The van der Waals surface area contributed by atoms with Crippen molar-refractivity contribution in [3.63, 3.8) is 0 Å². The van der Waals surface area contributed by atoms with Crippen molar-refractivity contribution in [2.45, 2.75) is 19.4 Å². The van der Waals surface area contributed by atoms with E-state index in [9.17, 15) is 9.59 Å². The number of rotatable bonds is 6. The van der Waals surface area contributed by atoms with E-state index in [0.29, 0.717) is 41.0 Å². The van der Waals surface area contributed by atoms with Gasteiger partial charge in [-0.15, -0.1) is 0 Å². The molecule has 1 fully saturated rings. The van der Waals surface area contributed by atoms with Gasteiger partial charge in [0.15, 0.2) is 5.17 Å². The Labute approximate surface area is 162 Å². The monoisotopic (exact) mass is 390 g/mol. The average Bonchev–Trinajstić information content (AvgIpc) is 2.67. The van der Waals surface area contributed by atoms with Crippen LogP contribution >= 0.6 is 11.8 Å². The van der Waals surface area contributed by atoms with Crippen LogP contribution < -0.4 is 4.74 Å². The van der Waals surface area contributed by atoms with Gasteiger partial charge in [-0.1, -0.05) is 23.9 Å². The molecule has 8 heteroatoms. The van der Waals surface area contributed by atoms with Crippen molar-refractivity contribution >= 4 is 28.8 Å². The fraction of sp³-hybridized carbons (Fsp3) is 0.421. The van der Waals surface area contributed by atoms with Gasteiger partial charge in [-0.2, -0.15) is 0 Å². The number of aliphatic imine (C=N–C) groups is 1. The molecule has 1 atom stereocenters. The number of allylic oxidation sites excluding steroid dienone is 1. The summed E-state index contributed by atoms with van der Waals surface area (Å²) in [6.07, 6.45) is 0.398. The van der Waals surface area contributed by atoms with Gasteiger partial charge in [-0.3, -0.25) is 9.69 Å². The van der Waals surface area contributed by atoms with Gasteiger partial charge in [-0.25, -0.2) is 9.79 Å². The fourth-order valence-corrected chi connectivity index (χ4v) is 4.09. The van der Waals surface area contributed by atoms with Gasteiger partial charge in [0, 0.05) is 19.3 Å². The molecule has 1 aromatic carbocycles. The smallest absolute Gasteiger partial charge is 0.338 e. The van der Waals surface area contributed by atoms with Gasteiger partial charge in [-0.05, 0) is 24.6 Å². The van der Waals surface area contributed by atoms with Gasteiger partial charge < -0.3 is 14.2 Å². The highest BCUT2D eigenvalue weighted by Gasteiger charge is 2.41. The summed E-state index contributed by atoms with van der Waals surface area (Å²) >= 11 is 1.52. The summed E-state index contributed by atoms with van der Waals surface area (Å²) in [5, 5.41) is 0.616. The number of hydrogen-bond donors (Lipinski definition) is 0. The van der Waals surface area contributed by atoms with Crippen molar-refractivity contribution in [3.05, 3.63) is 41.1 Å². The van der Waals surface area contributed by atoms with Crippen molar-refractivity contribution in [3.8, 4) is 5.75 Å². The summed E-state index contributed by atoms with van der Waals surface area (Å²) in [5.74, 6) is 0.775. The van der Waals surface area contributed by atoms with Gasteiger partial charge in [0.05, 0.1) is 31.0 Å². The Morgan fingerprint density at radius 1 is 1.33 bits per heavy atom. The standard InChI is InChI=1S/C19H22N2O5S/c1-12-16(18(23)26-9-8-24-2)17(13-5-4-6-14(11-13)25-3)21-15(22)7-10-27-19(21)20-12/h4-6,11,17H,7-10H2,1-3H3/t17-/m1/s1. The van der Waals surface area contributed by atoms with Gasteiger partial charge in [0.25, 0.3) is 0 Å². The van der Waals surface area contributed by atoms with E-state index in [1.54, 1.807) is 18.9 Å². The zero-order valence-electron chi connectivity index (χ0n) is 15.6. The first-order chi connectivity index (χ1) is 13.1. The zero-order valence-corrected chi connectivity index (χ0v) is 16.4. The van der Waals surface area contributed by atoms with Crippen molar-refractivity contribution in [1.82, 2.24) is 4.90 Å². The molecular formula is C19H22N2O5S. The SMILES string of the molecule is COCCOC(=O)C1=C(C)N=C2SCCC(=O)N2[C@@H]1c1cccc(OC)c1. The Kier molecular flexibility index (Phi) is 6.18. The number of ether oxygens (including phenoxy) is 3. The second kappa shape index (κ2) is 8.58. The molecule has 0 N–H and O–H groups in total. The predicted octanol–water partition coefficient (Wildman–Crippen LogP) is 2.54. The molecule has 0 aromatic heterocycles. The molecule has 1 saturated heterocycles. The summed E-state index contributed by atoms with van der Waals surface area (Å²) in [6, 6.07) is 6.77. The zero-order chi connectivity index (χ0) is 19.4. The minimum absolute atomic E-state index is 0.0602. The van der Waals surface area contributed by atoms with Crippen LogP contribution in [0.2, 0.25) is 0 Å². The van der Waals surface area contributed by atoms with Crippen LogP contribution in [0.5, 0.6) is 5.75 Å². The number of carbonyl (C=O) groups is 2. The van der Waals surface area contributed by atoms with Gasteiger partial charge in [0.2, 0.25) is 5.91 Å². The lowest BCUT2D eigenvalue weighted by Gasteiger charge is -2.39. The van der Waals surface area contributed by atoms with Crippen LogP contribution in [-0.4, -0.2) is 55.1 Å². The summed E-state index contributed by atoms with van der Waals surface area (Å²) in [5.41, 5.74) is 1.69. The quantitative estimate of drug-likeness (QED) is 0.549. The van der Waals surface area contributed by atoms with Crippen LogP contribution in [-0.2, 0) is 19.1 Å². The highest BCUT2D eigenvalue weighted by molar-refractivity contribution is 8.14. The second-order valence-corrected chi connectivity index (χ2v) is 7.13. The molecule has 1 aromatic rings. The lowest BCUT2D eigenvalue weighted by Crippen LogP contribution is -2.45. The Bertz CT molecular complexity index is 805. The third-order valence-corrected chi connectivity index (χ3v) is 5.31. The largest absolute Gasteiger partial charge is 0.497 e. The van der Waals surface area contributed by atoms with E-state index in [0.717, 1.165) is 5.56 Å². The molecule has 0 aliphatic carbocycles. The molecule has 2 aliphatic heterocycles. The summed E-state index contributed by atoms with van der Waals surface area (Å²) < 4.78 is 15.6. The van der Waals surface area contributed by atoms with Crippen molar-refractivity contribution in [2.75, 3.05) is 33.2 Å². The average molecular weight is 390 g/mol. The first-order valence-corrected chi connectivity index (χ1v) is 9.59. The number of amidine groups is 1. The van der Waals surface area contributed by atoms with Crippen LogP contribution in [0, 0.1) is 0 Å². The number of fused-ring (bicyclic) bond motifs is 1. The molecule has 0 bridgehead atoms. The topological polar surface area (TPSA) is 77.4 Å². The van der Waals surface area contributed by atoms with Gasteiger partial charge in [0.1, 0.15) is 12.4 Å². The maximum absolute atomic E-state index is 12.8. The van der Waals surface area contributed by atoms with E-state index < -0.39 is 12.0 Å². The summed E-state index contributed by atoms with van der Waals surface area (Å²) in [7, 11) is 3.12. The lowest BCUT2D eigenvalue weighted by atomic mass is 9.94. The van der Waals surface area contributed by atoms with E-state index in [4.69, 9.17) is 14.2 Å². The third-order valence-electron chi connectivity index (χ3n) is 4.36. The molecule has 0 radical (unpaired) electrons. The molecule has 0 saturated carbocycles. The minimum Gasteiger partial charge on any atom is -0.497 e. The normalized spacial score (nSPS) is 19.5. The Morgan fingerprint density at radius 2 is 2.15 bits per heavy atom. The minimum atomic E-state index is -0.594. The molecule has 0 spiro atoms. The Morgan fingerprint density at radius 3 is 2.89 bits per heavy atom. The number of nitrogens with zero attached hydrogens (tertiary/aromatic N) is 2. The summed E-state index contributed by atoms with van der Waals surface area (Å²) in [6.45, 7) is 2.20. The maximum atomic E-state index is 12.8. The molecule has 27 heavy (non-hydrogen) atoms. The highest BCUT2D eigenvalue weighted by Crippen LogP contribution is 2.41. The van der Waals surface area contributed by atoms with Crippen LogP contribution in [0.25, 0.3) is 0 Å². The Balaban J connectivity index is 2.06. The van der Waals surface area contributed by atoms with E-state index in [2.05, 4.69) is 4.99 Å². The second-order valence-electron chi connectivity index (χ2n) is 6.06. The van der Waals surface area contributed by atoms with Crippen molar-refractivity contribution in [1.29, 1.82) is 0 Å². The van der Waals surface area contributed by atoms with Crippen LogP contribution in [0.3, 0.4) is 0 Å². The van der Waals surface area contributed by atoms with Crippen LogP contribution in [0.1, 0.15) is 24.9 Å². The molecule has 0 unspecified atom stereocenters. The molecule has 7 nitrogen and oxygen atoms in total.